The van der Waals surface area contributed by atoms with Crippen LogP contribution in [0.1, 0.15) is 29.7 Å². The van der Waals surface area contributed by atoms with Crippen molar-refractivity contribution in [3.63, 3.8) is 0 Å². The summed E-state index contributed by atoms with van der Waals surface area (Å²) >= 11 is 0. The molecule has 22 heavy (non-hydrogen) atoms. The van der Waals surface area contributed by atoms with E-state index >= 15 is 0 Å². The number of hydrogen-bond acceptors (Lipinski definition) is 3. The molecule has 0 saturated carbocycles. The molecule has 4 heterocycles. The number of fused-ring (bicyclic) bond motifs is 6. The van der Waals surface area contributed by atoms with Gasteiger partial charge in [0.2, 0.25) is 0 Å². The van der Waals surface area contributed by atoms with Gasteiger partial charge in [-0.05, 0) is 37.3 Å². The standard InChI is InChI=1S/C19H18N2O/c1-2-4-16-14(3-1)15-6-5-12-11-13-7-8-20-9-10-21(19(13)20)17(12)18(15)22-16/h2,4-6,9-10,13,19H,1,3,7-8,11H2. The topological polar surface area (TPSA) is 19.6 Å². The minimum atomic E-state index is 0.524. The lowest BCUT2D eigenvalue weighted by Crippen LogP contribution is -2.42. The van der Waals surface area contributed by atoms with E-state index in [0.717, 1.165) is 30.1 Å². The van der Waals surface area contributed by atoms with E-state index in [1.165, 1.54) is 41.6 Å². The van der Waals surface area contributed by atoms with Gasteiger partial charge in [-0.25, -0.2) is 0 Å². The van der Waals surface area contributed by atoms with Crippen LogP contribution in [0.5, 0.6) is 0 Å². The highest BCUT2D eigenvalue weighted by Crippen LogP contribution is 2.48. The molecule has 2 aromatic rings. The largest absolute Gasteiger partial charge is 0.454 e. The molecule has 6 rings (SSSR count). The van der Waals surface area contributed by atoms with E-state index in [4.69, 9.17) is 4.42 Å². The fourth-order valence-electron chi connectivity index (χ4n) is 4.87. The summed E-state index contributed by atoms with van der Waals surface area (Å²) in [6, 6.07) is 4.64. The van der Waals surface area contributed by atoms with Crippen molar-refractivity contribution >= 4 is 22.7 Å². The van der Waals surface area contributed by atoms with Crippen LogP contribution in [0.15, 0.2) is 35.0 Å². The van der Waals surface area contributed by atoms with Crippen LogP contribution in [0.25, 0.3) is 17.0 Å². The fraction of sp³-hybridized carbons (Fsp3) is 0.368. The molecule has 1 fully saturated rings. The molecule has 4 aliphatic rings. The van der Waals surface area contributed by atoms with Crippen molar-refractivity contribution in [2.75, 3.05) is 11.4 Å². The van der Waals surface area contributed by atoms with E-state index < -0.39 is 0 Å². The molecule has 110 valence electrons. The van der Waals surface area contributed by atoms with Crippen LogP contribution in [0.2, 0.25) is 0 Å². The lowest BCUT2D eigenvalue weighted by atomic mass is 9.88. The Morgan fingerprint density at radius 3 is 3.18 bits per heavy atom. The van der Waals surface area contributed by atoms with Gasteiger partial charge in [0.25, 0.3) is 0 Å². The van der Waals surface area contributed by atoms with E-state index in [2.05, 4.69) is 46.5 Å². The number of furan rings is 1. The van der Waals surface area contributed by atoms with Crippen molar-refractivity contribution in [2.24, 2.45) is 5.92 Å². The maximum atomic E-state index is 6.31. The molecule has 0 N–H and O–H groups in total. The summed E-state index contributed by atoms with van der Waals surface area (Å²) in [5.74, 6) is 1.83. The predicted molar refractivity (Wildman–Crippen MR) is 87.5 cm³/mol. The van der Waals surface area contributed by atoms with Crippen LogP contribution in [0, 0.1) is 5.92 Å². The first kappa shape index (κ1) is 11.4. The molecule has 2 atom stereocenters. The fourth-order valence-corrected chi connectivity index (χ4v) is 4.87. The van der Waals surface area contributed by atoms with E-state index in [0.29, 0.717) is 6.17 Å². The van der Waals surface area contributed by atoms with Gasteiger partial charge in [0, 0.05) is 35.8 Å². The molecule has 1 saturated heterocycles. The Balaban J connectivity index is 1.65. The van der Waals surface area contributed by atoms with Crippen molar-refractivity contribution < 1.29 is 4.42 Å². The van der Waals surface area contributed by atoms with Gasteiger partial charge in [-0.1, -0.05) is 18.2 Å². The van der Waals surface area contributed by atoms with Gasteiger partial charge in [0.1, 0.15) is 11.9 Å². The zero-order valence-electron chi connectivity index (χ0n) is 12.5. The summed E-state index contributed by atoms with van der Waals surface area (Å²) in [7, 11) is 0. The van der Waals surface area contributed by atoms with E-state index in [-0.39, 0.29) is 0 Å². The molecular formula is C19H18N2O. The second-order valence-electron chi connectivity index (χ2n) is 6.95. The highest BCUT2D eigenvalue weighted by atomic mass is 16.3. The maximum absolute atomic E-state index is 6.31. The van der Waals surface area contributed by atoms with E-state index in [1.807, 2.05) is 0 Å². The molecule has 3 nitrogen and oxygen atoms in total. The maximum Gasteiger partial charge on any atom is 0.159 e. The lowest BCUT2D eigenvalue weighted by molar-refractivity contribution is 0.318. The van der Waals surface area contributed by atoms with Gasteiger partial charge < -0.3 is 14.2 Å². The number of anilines is 1. The van der Waals surface area contributed by atoms with Crippen LogP contribution in [0.4, 0.5) is 5.69 Å². The summed E-state index contributed by atoms with van der Waals surface area (Å²) < 4.78 is 6.31. The Bertz CT molecular complexity index is 860. The van der Waals surface area contributed by atoms with Crippen molar-refractivity contribution in [3.8, 4) is 0 Å². The average Bonchev–Trinajstić information content (AvgIpc) is 3.24. The second kappa shape index (κ2) is 3.78. The van der Waals surface area contributed by atoms with Crippen molar-refractivity contribution in [1.29, 1.82) is 0 Å². The minimum Gasteiger partial charge on any atom is -0.454 e. The van der Waals surface area contributed by atoms with Crippen LogP contribution >= 0.6 is 0 Å². The first-order valence-corrected chi connectivity index (χ1v) is 8.36. The molecule has 3 aliphatic heterocycles. The van der Waals surface area contributed by atoms with Gasteiger partial charge in [0.15, 0.2) is 5.58 Å². The van der Waals surface area contributed by atoms with Crippen molar-refractivity contribution in [3.05, 3.63) is 47.5 Å². The molecule has 1 aromatic carbocycles. The van der Waals surface area contributed by atoms with Crippen molar-refractivity contribution in [2.45, 2.75) is 31.8 Å². The zero-order chi connectivity index (χ0) is 14.3. The normalized spacial score (nSPS) is 27.5. The number of allylic oxidation sites excluding steroid dienone is 1. The van der Waals surface area contributed by atoms with Gasteiger partial charge in [-0.15, -0.1) is 0 Å². The molecular weight excluding hydrogens is 272 g/mol. The van der Waals surface area contributed by atoms with Gasteiger partial charge in [-0.2, -0.15) is 0 Å². The summed E-state index contributed by atoms with van der Waals surface area (Å²) in [6.07, 6.45) is 14.1. The van der Waals surface area contributed by atoms with E-state index in [9.17, 15) is 0 Å². The number of hydrogen-bond donors (Lipinski definition) is 0. The third-order valence-electron chi connectivity index (χ3n) is 5.84. The molecule has 0 bridgehead atoms. The highest BCUT2D eigenvalue weighted by molar-refractivity contribution is 5.97. The highest BCUT2D eigenvalue weighted by Gasteiger charge is 2.44. The Morgan fingerprint density at radius 2 is 2.18 bits per heavy atom. The third-order valence-corrected chi connectivity index (χ3v) is 5.84. The predicted octanol–water partition coefficient (Wildman–Crippen LogP) is 3.89. The zero-order valence-corrected chi connectivity index (χ0v) is 12.5. The molecule has 0 spiro atoms. The Labute approximate surface area is 129 Å². The minimum absolute atomic E-state index is 0.524. The Hall–Kier alpha value is -2.16. The van der Waals surface area contributed by atoms with Gasteiger partial charge >= 0.3 is 0 Å². The molecule has 1 aromatic heterocycles. The smallest absolute Gasteiger partial charge is 0.159 e. The molecule has 0 radical (unpaired) electrons. The molecule has 1 aliphatic carbocycles. The van der Waals surface area contributed by atoms with Crippen LogP contribution < -0.4 is 4.90 Å². The third kappa shape index (κ3) is 1.24. The Morgan fingerprint density at radius 1 is 1.18 bits per heavy atom. The second-order valence-corrected chi connectivity index (χ2v) is 6.95. The van der Waals surface area contributed by atoms with E-state index in [1.54, 1.807) is 0 Å². The average molecular weight is 290 g/mol. The van der Waals surface area contributed by atoms with Crippen LogP contribution in [0.3, 0.4) is 0 Å². The SMILES string of the molecule is C1=Cc2oc3c4c(ccc3c2CC1)CC1CCN2C=CN4C12. The first-order valence-electron chi connectivity index (χ1n) is 8.36. The number of rotatable bonds is 0. The summed E-state index contributed by atoms with van der Waals surface area (Å²) in [6.45, 7) is 1.19. The quantitative estimate of drug-likeness (QED) is 0.734. The Kier molecular flexibility index (Phi) is 1.96. The number of benzene rings is 1. The van der Waals surface area contributed by atoms with Crippen LogP contribution in [-0.4, -0.2) is 17.6 Å². The van der Waals surface area contributed by atoms with Crippen molar-refractivity contribution in [1.82, 2.24) is 4.90 Å². The molecule has 2 unspecified atom stereocenters. The summed E-state index contributed by atoms with van der Waals surface area (Å²) in [5, 5.41) is 1.32. The molecule has 3 heteroatoms. The van der Waals surface area contributed by atoms with Gasteiger partial charge in [0.05, 0.1) is 5.69 Å². The lowest BCUT2D eigenvalue weighted by Gasteiger charge is -2.37. The summed E-state index contributed by atoms with van der Waals surface area (Å²) in [5.41, 5.74) is 5.28. The number of aryl methyl sites for hydroxylation is 1. The first-order chi connectivity index (χ1) is 10.9. The monoisotopic (exact) mass is 290 g/mol. The summed E-state index contributed by atoms with van der Waals surface area (Å²) in [4.78, 5) is 4.96. The molecule has 0 amide bonds. The van der Waals surface area contributed by atoms with Crippen LogP contribution in [-0.2, 0) is 12.8 Å². The number of nitrogens with zero attached hydrogens (tertiary/aromatic N) is 2. The van der Waals surface area contributed by atoms with Gasteiger partial charge in [-0.3, -0.25) is 0 Å².